The van der Waals surface area contributed by atoms with E-state index in [1.54, 1.807) is 37.7 Å². The van der Waals surface area contributed by atoms with Gasteiger partial charge in [-0.3, -0.25) is 4.79 Å². The Morgan fingerprint density at radius 3 is 2.53 bits per heavy atom. The van der Waals surface area contributed by atoms with Crippen LogP contribution in [-0.2, 0) is 0 Å². The van der Waals surface area contributed by atoms with Crippen LogP contribution in [0.25, 0.3) is 0 Å². The Hall–Kier alpha value is -3.56. The quantitative estimate of drug-likeness (QED) is 0.447. The zero-order valence-corrected chi connectivity index (χ0v) is 17.6. The van der Waals surface area contributed by atoms with Gasteiger partial charge in [-0.2, -0.15) is 0 Å². The number of methoxy groups -OCH3 is 1. The molecule has 0 spiro atoms. The van der Waals surface area contributed by atoms with Crippen molar-refractivity contribution in [1.29, 1.82) is 0 Å². The number of ether oxygens (including phenoxy) is 1. The highest BCUT2D eigenvalue weighted by Gasteiger charge is 2.21. The average Bonchev–Trinajstić information content (AvgIpc) is 2.69. The molecule has 0 aliphatic heterocycles. The number of carbonyl (C=O) groups excluding carboxylic acids is 1. The normalized spacial score (nSPS) is 10.9. The summed E-state index contributed by atoms with van der Waals surface area (Å²) in [5.74, 6) is 1.68. The number of rotatable bonds is 7. The van der Waals surface area contributed by atoms with Crippen LogP contribution >= 0.6 is 0 Å². The lowest BCUT2D eigenvalue weighted by atomic mass is 9.49. The number of nitrogens with one attached hydrogen (secondary N) is 3. The molecule has 150 valence electrons. The second-order valence-electron chi connectivity index (χ2n) is 7.72. The van der Waals surface area contributed by atoms with Gasteiger partial charge in [-0.05, 0) is 35.9 Å². The van der Waals surface area contributed by atoms with Crippen LogP contribution in [0.3, 0.4) is 0 Å². The zero-order valence-electron chi connectivity index (χ0n) is 17.6. The molecule has 9 nitrogen and oxygen atoms in total. The average molecular weight is 401 g/mol. The Balaban J connectivity index is 1.97. The molecule has 12 heteroatoms. The van der Waals surface area contributed by atoms with Crippen LogP contribution in [0, 0.1) is 6.92 Å². The van der Waals surface area contributed by atoms with Gasteiger partial charge in [0.2, 0.25) is 0 Å². The van der Waals surface area contributed by atoms with Crippen LogP contribution in [0.2, 0.25) is 0 Å². The van der Waals surface area contributed by atoms with Gasteiger partial charge in [0.05, 0.1) is 12.8 Å². The molecule has 3 N–H and O–H groups in total. The fourth-order valence-electron chi connectivity index (χ4n) is 2.57. The minimum atomic E-state index is -0.429. The van der Waals surface area contributed by atoms with Crippen molar-refractivity contribution in [3.63, 3.8) is 0 Å². The van der Waals surface area contributed by atoms with Gasteiger partial charge in [-0.25, -0.2) is 9.97 Å². The fourth-order valence-corrected chi connectivity index (χ4v) is 2.57. The smallest absolute Gasteiger partial charge is 0.272 e. The summed E-state index contributed by atoms with van der Waals surface area (Å²) in [5.41, 5.74) is 1.61. The third-order valence-electron chi connectivity index (χ3n) is 3.91. The highest BCUT2D eigenvalue weighted by molar-refractivity contribution is 6.60. The van der Waals surface area contributed by atoms with Crippen LogP contribution in [0.4, 0.5) is 23.1 Å². The first-order chi connectivity index (χ1) is 14.2. The Bertz CT molecular complexity index is 1040. The SMILES string of the molecule is BC(B)(B)NC(=O)c1nnc(Nc2ccc(C)cn2)cc1Nc1ncccc1OC. The first-order valence-corrected chi connectivity index (χ1v) is 9.41. The first kappa shape index (κ1) is 21.2. The van der Waals surface area contributed by atoms with E-state index in [-0.39, 0.29) is 11.6 Å². The van der Waals surface area contributed by atoms with Gasteiger partial charge >= 0.3 is 0 Å². The molecule has 0 fully saturated rings. The van der Waals surface area contributed by atoms with Crippen molar-refractivity contribution in [1.82, 2.24) is 25.5 Å². The number of aromatic nitrogens is 4. The zero-order chi connectivity index (χ0) is 21.7. The van der Waals surface area contributed by atoms with Crippen LogP contribution < -0.4 is 20.7 Å². The van der Waals surface area contributed by atoms with Gasteiger partial charge in [-0.15, -0.1) is 10.2 Å². The van der Waals surface area contributed by atoms with E-state index < -0.39 is 5.24 Å². The number of carbonyl (C=O) groups is 1. The molecule has 0 bridgehead atoms. The van der Waals surface area contributed by atoms with Crippen molar-refractivity contribution >= 4 is 52.6 Å². The van der Waals surface area contributed by atoms with Crippen molar-refractivity contribution in [2.24, 2.45) is 0 Å². The third kappa shape index (κ3) is 5.50. The minimum absolute atomic E-state index is 0.139. The van der Waals surface area contributed by atoms with E-state index in [4.69, 9.17) is 4.74 Å². The highest BCUT2D eigenvalue weighted by atomic mass is 16.5. The van der Waals surface area contributed by atoms with Gasteiger partial charge in [0.15, 0.2) is 23.1 Å². The molecule has 0 saturated heterocycles. The Kier molecular flexibility index (Phi) is 6.24. The molecule has 3 rings (SSSR count). The standard InChI is InChI=1S/C18H22B3N7O2/c1-10-5-6-13(23-9-10)25-14-8-11(24-16-12(30-2)4-3-7-22-16)15(28-27-14)17(29)26-18(19,20)21/h3-9H,19-21H2,1-2H3,(H,26,29)(H2,22,23,24,25,27). The number of hydrogen-bond acceptors (Lipinski definition) is 8. The van der Waals surface area contributed by atoms with E-state index in [0.717, 1.165) is 5.56 Å². The summed E-state index contributed by atoms with van der Waals surface area (Å²) < 4.78 is 5.35. The number of anilines is 4. The van der Waals surface area contributed by atoms with Gasteiger partial charge in [-0.1, -0.05) is 6.07 Å². The van der Waals surface area contributed by atoms with E-state index in [9.17, 15) is 4.79 Å². The molecule has 0 aliphatic rings. The molecule has 0 aliphatic carbocycles. The molecule has 3 aromatic rings. The predicted molar refractivity (Wildman–Crippen MR) is 124 cm³/mol. The topological polar surface area (TPSA) is 114 Å². The summed E-state index contributed by atoms with van der Waals surface area (Å²) >= 11 is 0. The number of aryl methyl sites for hydroxylation is 1. The second kappa shape index (κ2) is 8.85. The van der Waals surface area contributed by atoms with E-state index in [0.29, 0.717) is 28.9 Å². The van der Waals surface area contributed by atoms with Crippen LogP contribution in [0.5, 0.6) is 5.75 Å². The maximum Gasteiger partial charge on any atom is 0.272 e. The Labute approximate surface area is 177 Å². The summed E-state index contributed by atoms with van der Waals surface area (Å²) in [6.07, 6.45) is 3.38. The molecule has 30 heavy (non-hydrogen) atoms. The van der Waals surface area contributed by atoms with Crippen LogP contribution in [0.15, 0.2) is 42.7 Å². The molecule has 0 aromatic carbocycles. The van der Waals surface area contributed by atoms with Crippen LogP contribution in [0.1, 0.15) is 16.1 Å². The maximum atomic E-state index is 12.8. The lowest BCUT2D eigenvalue weighted by molar-refractivity contribution is 0.0947. The van der Waals surface area contributed by atoms with Gasteiger partial charge < -0.3 is 20.7 Å². The number of nitrogens with zero attached hydrogens (tertiary/aromatic N) is 4. The number of pyridine rings is 2. The molecule has 3 heterocycles. The lowest BCUT2D eigenvalue weighted by Gasteiger charge is -2.21. The van der Waals surface area contributed by atoms with E-state index >= 15 is 0 Å². The predicted octanol–water partition coefficient (Wildman–Crippen LogP) is -0.689. The number of amides is 1. The Morgan fingerprint density at radius 2 is 1.87 bits per heavy atom. The van der Waals surface area contributed by atoms with E-state index in [1.807, 2.05) is 42.6 Å². The molecule has 0 atom stereocenters. The van der Waals surface area contributed by atoms with Gasteiger partial charge in [0.1, 0.15) is 29.4 Å². The van der Waals surface area contributed by atoms with E-state index in [2.05, 4.69) is 36.1 Å². The highest BCUT2D eigenvalue weighted by Crippen LogP contribution is 2.27. The van der Waals surface area contributed by atoms with Crippen molar-refractivity contribution in [3.05, 3.63) is 54.0 Å². The van der Waals surface area contributed by atoms with Gasteiger partial charge in [0.25, 0.3) is 5.91 Å². The summed E-state index contributed by atoms with van der Waals surface area (Å²) in [6.45, 7) is 1.96. The monoisotopic (exact) mass is 401 g/mol. The molecule has 0 unspecified atom stereocenters. The van der Waals surface area contributed by atoms with Gasteiger partial charge in [0, 0.05) is 18.5 Å². The second-order valence-corrected chi connectivity index (χ2v) is 7.72. The fraction of sp³-hybridized carbons (Fsp3) is 0.167. The lowest BCUT2D eigenvalue weighted by Crippen LogP contribution is -2.50. The molecule has 0 radical (unpaired) electrons. The molecule has 3 aromatic heterocycles. The van der Waals surface area contributed by atoms with Crippen molar-refractivity contribution < 1.29 is 9.53 Å². The minimum Gasteiger partial charge on any atom is -0.493 e. The Morgan fingerprint density at radius 1 is 1.07 bits per heavy atom. The molecule has 0 saturated carbocycles. The molecule has 1 amide bonds. The van der Waals surface area contributed by atoms with E-state index in [1.165, 1.54) is 0 Å². The molecular weight excluding hydrogens is 379 g/mol. The maximum absolute atomic E-state index is 12.8. The first-order valence-electron chi connectivity index (χ1n) is 9.41. The largest absolute Gasteiger partial charge is 0.493 e. The molecular formula is C18H22B3N7O2. The van der Waals surface area contributed by atoms with Crippen molar-refractivity contribution in [3.8, 4) is 5.75 Å². The van der Waals surface area contributed by atoms with Crippen molar-refractivity contribution in [2.45, 2.75) is 12.2 Å². The summed E-state index contributed by atoms with van der Waals surface area (Å²) in [7, 11) is 7.24. The van der Waals surface area contributed by atoms with Crippen molar-refractivity contribution in [2.75, 3.05) is 17.7 Å². The summed E-state index contributed by atoms with van der Waals surface area (Å²) in [6, 6.07) is 8.99. The summed E-state index contributed by atoms with van der Waals surface area (Å²) in [5, 5.41) is 17.0. The third-order valence-corrected chi connectivity index (χ3v) is 3.91. The van der Waals surface area contributed by atoms with Crippen LogP contribution in [-0.4, -0.2) is 62.0 Å². The number of hydrogen-bond donors (Lipinski definition) is 3. The summed E-state index contributed by atoms with van der Waals surface area (Å²) in [4.78, 5) is 21.4.